The number of benzene rings is 3. The van der Waals surface area contributed by atoms with Crippen LogP contribution >= 0.6 is 0 Å². The molecule has 3 aromatic carbocycles. The smallest absolute Gasteiger partial charge is 0.329 e. The minimum absolute atomic E-state index is 0.166. The largest absolute Gasteiger partial charge is 0.479 e. The van der Waals surface area contributed by atoms with E-state index in [1.807, 2.05) is 47.2 Å². The molecule has 0 aliphatic rings. The summed E-state index contributed by atoms with van der Waals surface area (Å²) < 4.78 is 15.6. The number of imidazole rings is 1. The zero-order chi connectivity index (χ0) is 31.2. The van der Waals surface area contributed by atoms with E-state index in [9.17, 15) is 23.9 Å². The van der Waals surface area contributed by atoms with Gasteiger partial charge in [-0.1, -0.05) is 63.2 Å². The third-order valence-electron chi connectivity index (χ3n) is 7.63. The second kappa shape index (κ2) is 12.9. The number of primary amides is 1. The Bertz CT molecular complexity index is 1570. The minimum Gasteiger partial charge on any atom is -0.479 e. The molecule has 4 aromatic rings. The van der Waals surface area contributed by atoms with Crippen LogP contribution in [0.4, 0.5) is 10.1 Å². The van der Waals surface area contributed by atoms with Crippen LogP contribution in [0.15, 0.2) is 91.5 Å². The Morgan fingerprint density at radius 1 is 1.02 bits per heavy atom. The van der Waals surface area contributed by atoms with E-state index in [-0.39, 0.29) is 30.3 Å². The predicted molar refractivity (Wildman–Crippen MR) is 163 cm³/mol. The lowest BCUT2D eigenvalue weighted by atomic mass is 9.70. The van der Waals surface area contributed by atoms with Crippen LogP contribution in [0.2, 0.25) is 0 Å². The maximum absolute atomic E-state index is 13.9. The van der Waals surface area contributed by atoms with Gasteiger partial charge < -0.3 is 26.0 Å². The molecule has 2 atom stereocenters. The Hall–Kier alpha value is -4.99. The van der Waals surface area contributed by atoms with E-state index in [2.05, 4.69) is 15.6 Å². The SMILES string of the molecule is CC(C)(C)[C@](CCC(N)=O)(NC(=O)c1ccc(NC(Cn2ccnc2)c2ccc(F)cc2)cc1-c1ccccc1)C(=O)O. The molecule has 5 N–H and O–H groups in total. The molecule has 9 nitrogen and oxygen atoms in total. The molecule has 4 rings (SSSR count). The monoisotopic (exact) mass is 585 g/mol. The van der Waals surface area contributed by atoms with Crippen molar-refractivity contribution in [1.82, 2.24) is 14.9 Å². The zero-order valence-corrected chi connectivity index (χ0v) is 24.4. The summed E-state index contributed by atoms with van der Waals surface area (Å²) in [4.78, 5) is 42.3. The minimum atomic E-state index is -1.76. The number of nitrogens with two attached hydrogens (primary N) is 1. The summed E-state index contributed by atoms with van der Waals surface area (Å²) in [5.41, 5.74) is 5.78. The molecule has 2 amide bonds. The van der Waals surface area contributed by atoms with Crippen LogP contribution in [-0.4, -0.2) is 38.0 Å². The molecular weight excluding hydrogens is 549 g/mol. The molecule has 0 fully saturated rings. The summed E-state index contributed by atoms with van der Waals surface area (Å²) in [5.74, 6) is -2.84. The van der Waals surface area contributed by atoms with Gasteiger partial charge in [-0.05, 0) is 58.9 Å². The van der Waals surface area contributed by atoms with Crippen LogP contribution in [-0.2, 0) is 16.1 Å². The predicted octanol–water partition coefficient (Wildman–Crippen LogP) is 5.41. The lowest BCUT2D eigenvalue weighted by Gasteiger charge is -2.41. The number of anilines is 1. The van der Waals surface area contributed by atoms with E-state index in [0.717, 1.165) is 11.1 Å². The van der Waals surface area contributed by atoms with Gasteiger partial charge in [0.15, 0.2) is 0 Å². The van der Waals surface area contributed by atoms with Crippen molar-refractivity contribution in [3.8, 4) is 11.1 Å². The standard InChI is InChI=1S/C33H36FN5O4/c1-32(2,3)33(31(42)43,16-15-29(35)40)38-30(41)26-14-13-25(19-27(26)22-7-5-4-6-8-22)37-28(20-39-18-17-36-21-39)23-9-11-24(34)12-10-23/h4-14,17-19,21,28,37H,15-16,20H2,1-3H3,(H2,35,40)(H,38,41)(H,42,43)/t28?,33-/m1/s1. The zero-order valence-electron chi connectivity index (χ0n) is 24.4. The number of carboxylic acid groups (broad SMARTS) is 1. The Balaban J connectivity index is 1.74. The first-order valence-electron chi connectivity index (χ1n) is 13.9. The summed E-state index contributed by atoms with van der Waals surface area (Å²) in [7, 11) is 0. The fourth-order valence-corrected chi connectivity index (χ4v) is 5.10. The van der Waals surface area contributed by atoms with Crippen LogP contribution in [0.5, 0.6) is 0 Å². The van der Waals surface area contributed by atoms with Crippen molar-refractivity contribution < 1.29 is 23.9 Å². The van der Waals surface area contributed by atoms with Gasteiger partial charge in [-0.15, -0.1) is 0 Å². The third-order valence-corrected chi connectivity index (χ3v) is 7.63. The van der Waals surface area contributed by atoms with Crippen LogP contribution in [0.3, 0.4) is 0 Å². The highest BCUT2D eigenvalue weighted by Gasteiger charge is 2.50. The topological polar surface area (TPSA) is 139 Å². The first-order chi connectivity index (χ1) is 20.4. The fourth-order valence-electron chi connectivity index (χ4n) is 5.10. The number of carbonyl (C=O) groups excluding carboxylic acids is 2. The van der Waals surface area contributed by atoms with Crippen molar-refractivity contribution in [1.29, 1.82) is 0 Å². The van der Waals surface area contributed by atoms with E-state index in [0.29, 0.717) is 17.8 Å². The Morgan fingerprint density at radius 3 is 2.30 bits per heavy atom. The maximum atomic E-state index is 13.9. The van der Waals surface area contributed by atoms with E-state index >= 15 is 0 Å². The Kier molecular flexibility index (Phi) is 9.28. The van der Waals surface area contributed by atoms with Gasteiger partial charge in [-0.25, -0.2) is 14.2 Å². The van der Waals surface area contributed by atoms with E-state index in [1.54, 1.807) is 57.6 Å². The number of nitrogens with zero attached hydrogens (tertiary/aromatic N) is 2. The van der Waals surface area contributed by atoms with Crippen molar-refractivity contribution in [3.05, 3.63) is 108 Å². The van der Waals surface area contributed by atoms with Crippen molar-refractivity contribution >= 4 is 23.5 Å². The van der Waals surface area contributed by atoms with Crippen molar-refractivity contribution in [2.45, 2.75) is 51.7 Å². The molecule has 1 unspecified atom stereocenters. The quantitative estimate of drug-likeness (QED) is 0.175. The number of nitrogens with one attached hydrogen (secondary N) is 2. The van der Waals surface area contributed by atoms with Gasteiger partial charge in [-0.2, -0.15) is 0 Å². The third kappa shape index (κ3) is 7.27. The van der Waals surface area contributed by atoms with Crippen molar-refractivity contribution in [2.24, 2.45) is 11.1 Å². The normalized spacial score (nSPS) is 13.5. The molecule has 224 valence electrons. The van der Waals surface area contributed by atoms with Crippen LogP contribution in [0.1, 0.15) is 55.6 Å². The van der Waals surface area contributed by atoms with Gasteiger partial charge in [0, 0.05) is 36.6 Å². The number of carboxylic acids is 1. The molecular formula is C33H36FN5O4. The molecule has 10 heteroatoms. The number of carbonyl (C=O) groups is 3. The number of halogens is 1. The van der Waals surface area contributed by atoms with Gasteiger partial charge in [0.05, 0.1) is 12.4 Å². The lowest BCUT2D eigenvalue weighted by Crippen LogP contribution is -2.62. The highest BCUT2D eigenvalue weighted by atomic mass is 19.1. The fraction of sp³-hybridized carbons (Fsp3) is 0.273. The van der Waals surface area contributed by atoms with Gasteiger partial charge in [0.25, 0.3) is 5.91 Å². The molecule has 0 saturated carbocycles. The molecule has 43 heavy (non-hydrogen) atoms. The first kappa shape index (κ1) is 31.0. The van der Waals surface area contributed by atoms with Crippen LogP contribution < -0.4 is 16.4 Å². The number of aromatic nitrogens is 2. The Labute approximate surface area is 250 Å². The van der Waals surface area contributed by atoms with Gasteiger partial charge in [-0.3, -0.25) is 9.59 Å². The molecule has 0 aliphatic carbocycles. The van der Waals surface area contributed by atoms with Crippen LogP contribution in [0, 0.1) is 11.2 Å². The average molecular weight is 586 g/mol. The van der Waals surface area contributed by atoms with Gasteiger partial charge in [0.1, 0.15) is 11.4 Å². The number of rotatable bonds is 12. The van der Waals surface area contributed by atoms with E-state index in [4.69, 9.17) is 5.73 Å². The number of hydrogen-bond acceptors (Lipinski definition) is 5. The van der Waals surface area contributed by atoms with Gasteiger partial charge in [0.2, 0.25) is 5.91 Å². The second-order valence-electron chi connectivity index (χ2n) is 11.5. The van der Waals surface area contributed by atoms with Crippen LogP contribution in [0.25, 0.3) is 11.1 Å². The van der Waals surface area contributed by atoms with E-state index in [1.165, 1.54) is 12.1 Å². The summed E-state index contributed by atoms with van der Waals surface area (Å²) in [6.07, 6.45) is 4.84. The number of amides is 2. The number of hydrogen-bond donors (Lipinski definition) is 4. The molecule has 0 saturated heterocycles. The highest BCUT2D eigenvalue weighted by molar-refractivity contribution is 6.04. The second-order valence-corrected chi connectivity index (χ2v) is 11.5. The summed E-state index contributed by atoms with van der Waals surface area (Å²) in [6.45, 7) is 5.59. The summed E-state index contributed by atoms with van der Waals surface area (Å²) in [6, 6.07) is 20.5. The average Bonchev–Trinajstić information content (AvgIpc) is 3.48. The first-order valence-corrected chi connectivity index (χ1v) is 13.9. The Morgan fingerprint density at radius 2 is 1.72 bits per heavy atom. The molecule has 0 bridgehead atoms. The number of aliphatic carboxylic acids is 1. The van der Waals surface area contributed by atoms with Crippen molar-refractivity contribution in [3.63, 3.8) is 0 Å². The summed E-state index contributed by atoms with van der Waals surface area (Å²) >= 11 is 0. The molecule has 1 heterocycles. The molecule has 1 aromatic heterocycles. The molecule has 0 spiro atoms. The highest BCUT2D eigenvalue weighted by Crippen LogP contribution is 2.36. The molecule has 0 radical (unpaired) electrons. The van der Waals surface area contributed by atoms with Gasteiger partial charge >= 0.3 is 5.97 Å². The van der Waals surface area contributed by atoms with Crippen molar-refractivity contribution in [2.75, 3.05) is 5.32 Å². The lowest BCUT2D eigenvalue weighted by molar-refractivity contribution is -0.150. The molecule has 0 aliphatic heterocycles. The maximum Gasteiger partial charge on any atom is 0.329 e. The van der Waals surface area contributed by atoms with E-state index < -0.39 is 28.7 Å². The summed E-state index contributed by atoms with van der Waals surface area (Å²) in [5, 5.41) is 16.6.